The van der Waals surface area contributed by atoms with E-state index in [9.17, 15) is 4.79 Å². The van der Waals surface area contributed by atoms with Gasteiger partial charge in [-0.3, -0.25) is 9.69 Å². The largest absolute Gasteiger partial charge is 0.455 e. The average Bonchev–Trinajstić information content (AvgIpc) is 3.19. The van der Waals surface area contributed by atoms with Crippen LogP contribution in [0.15, 0.2) is 28.1 Å². The van der Waals surface area contributed by atoms with Gasteiger partial charge in [-0.2, -0.15) is 0 Å². The Morgan fingerprint density at radius 2 is 2.38 bits per heavy atom. The van der Waals surface area contributed by atoms with Gasteiger partial charge in [-0.05, 0) is 31.5 Å². The predicted molar refractivity (Wildman–Crippen MR) is 81.2 cm³/mol. The molecule has 3 rings (SSSR count). The van der Waals surface area contributed by atoms with E-state index in [1.807, 2.05) is 17.6 Å². The van der Waals surface area contributed by atoms with Crippen molar-refractivity contribution in [3.8, 4) is 0 Å². The highest BCUT2D eigenvalue weighted by molar-refractivity contribution is 7.09. The first-order chi connectivity index (χ1) is 10.1. The van der Waals surface area contributed by atoms with E-state index in [1.54, 1.807) is 31.5 Å². The molecule has 3 heterocycles. The molecule has 1 amide bonds. The minimum absolute atomic E-state index is 0.0980. The topological polar surface area (TPSA) is 49.6 Å². The van der Waals surface area contributed by atoms with E-state index in [2.05, 4.69) is 9.88 Å². The number of carbonyl (C=O) groups excluding carboxylic acids is 1. The monoisotopic (exact) mass is 305 g/mol. The molecule has 1 fully saturated rings. The zero-order valence-corrected chi connectivity index (χ0v) is 13.1. The molecule has 0 N–H and O–H groups in total. The Morgan fingerprint density at radius 3 is 3.10 bits per heavy atom. The van der Waals surface area contributed by atoms with Crippen LogP contribution in [0, 0.1) is 0 Å². The van der Waals surface area contributed by atoms with Gasteiger partial charge >= 0.3 is 0 Å². The van der Waals surface area contributed by atoms with Crippen molar-refractivity contribution < 1.29 is 9.21 Å². The summed E-state index contributed by atoms with van der Waals surface area (Å²) in [4.78, 5) is 20.2. The van der Waals surface area contributed by atoms with Gasteiger partial charge in [-0.25, -0.2) is 4.98 Å². The van der Waals surface area contributed by atoms with Gasteiger partial charge in [-0.1, -0.05) is 0 Å². The molecule has 5 nitrogen and oxygen atoms in total. The number of amides is 1. The molecule has 2 aromatic heterocycles. The molecule has 0 spiro atoms. The fourth-order valence-electron chi connectivity index (χ4n) is 2.69. The lowest BCUT2D eigenvalue weighted by Crippen LogP contribution is -2.22. The molecule has 1 atom stereocenters. The maximum absolute atomic E-state index is 11.9. The van der Waals surface area contributed by atoms with Crippen LogP contribution < -0.4 is 0 Å². The normalized spacial score (nSPS) is 19.0. The fourth-order valence-corrected chi connectivity index (χ4v) is 3.50. The zero-order chi connectivity index (χ0) is 14.8. The smallest absolute Gasteiger partial charge is 0.289 e. The van der Waals surface area contributed by atoms with E-state index < -0.39 is 0 Å². The quantitative estimate of drug-likeness (QED) is 0.871. The lowest BCUT2D eigenvalue weighted by atomic mass is 10.2. The highest BCUT2D eigenvalue weighted by Crippen LogP contribution is 2.34. The number of thiazole rings is 1. The first kappa shape index (κ1) is 14.3. The SMILES string of the molecule is CN(C)C(=O)c1ccc(CN2CCCC2c2nccs2)o1. The number of likely N-dealkylation sites (tertiary alicyclic amines) is 1. The molecular weight excluding hydrogens is 286 g/mol. The summed E-state index contributed by atoms with van der Waals surface area (Å²) in [6.45, 7) is 1.77. The Kier molecular flexibility index (Phi) is 4.07. The van der Waals surface area contributed by atoms with Crippen molar-refractivity contribution in [2.45, 2.75) is 25.4 Å². The summed E-state index contributed by atoms with van der Waals surface area (Å²) >= 11 is 1.70. The van der Waals surface area contributed by atoms with Crippen LogP contribution in [-0.4, -0.2) is 41.3 Å². The molecule has 1 saturated heterocycles. The molecular formula is C15H19N3O2S. The second-order valence-electron chi connectivity index (χ2n) is 5.46. The van der Waals surface area contributed by atoms with E-state index in [0.29, 0.717) is 11.8 Å². The van der Waals surface area contributed by atoms with Crippen LogP contribution in [-0.2, 0) is 6.54 Å². The Bertz CT molecular complexity index is 606. The summed E-state index contributed by atoms with van der Waals surface area (Å²) in [5.74, 6) is 1.14. The van der Waals surface area contributed by atoms with Gasteiger partial charge < -0.3 is 9.32 Å². The van der Waals surface area contributed by atoms with Crippen LogP contribution in [0.5, 0.6) is 0 Å². The Morgan fingerprint density at radius 1 is 1.52 bits per heavy atom. The highest BCUT2D eigenvalue weighted by atomic mass is 32.1. The number of rotatable bonds is 4. The van der Waals surface area contributed by atoms with Crippen LogP contribution in [0.3, 0.4) is 0 Å². The molecule has 1 unspecified atom stereocenters. The van der Waals surface area contributed by atoms with Crippen molar-refractivity contribution >= 4 is 17.2 Å². The zero-order valence-electron chi connectivity index (χ0n) is 12.3. The van der Waals surface area contributed by atoms with Gasteiger partial charge in [0.1, 0.15) is 10.8 Å². The van der Waals surface area contributed by atoms with Gasteiger partial charge in [0.05, 0.1) is 12.6 Å². The lowest BCUT2D eigenvalue weighted by molar-refractivity contribution is 0.0792. The van der Waals surface area contributed by atoms with Crippen LogP contribution >= 0.6 is 11.3 Å². The first-order valence-electron chi connectivity index (χ1n) is 7.09. The number of hydrogen-bond donors (Lipinski definition) is 0. The average molecular weight is 305 g/mol. The predicted octanol–water partition coefficient (Wildman–Crippen LogP) is 2.78. The first-order valence-corrected chi connectivity index (χ1v) is 7.97. The molecule has 6 heteroatoms. The van der Waals surface area contributed by atoms with Gasteiger partial charge in [0.25, 0.3) is 5.91 Å². The minimum atomic E-state index is -0.0980. The molecule has 0 radical (unpaired) electrons. The lowest BCUT2D eigenvalue weighted by Gasteiger charge is -2.21. The summed E-state index contributed by atoms with van der Waals surface area (Å²) in [6.07, 6.45) is 4.17. The summed E-state index contributed by atoms with van der Waals surface area (Å²) in [7, 11) is 3.45. The summed E-state index contributed by atoms with van der Waals surface area (Å²) in [5, 5.41) is 3.19. The van der Waals surface area contributed by atoms with Crippen LogP contribution in [0.25, 0.3) is 0 Å². The molecule has 21 heavy (non-hydrogen) atoms. The Hall–Kier alpha value is -1.66. The minimum Gasteiger partial charge on any atom is -0.455 e. The molecule has 0 aliphatic carbocycles. The third-order valence-electron chi connectivity index (χ3n) is 3.74. The molecule has 0 bridgehead atoms. The van der Waals surface area contributed by atoms with E-state index in [0.717, 1.165) is 25.3 Å². The fraction of sp³-hybridized carbons (Fsp3) is 0.467. The number of aromatic nitrogens is 1. The highest BCUT2D eigenvalue weighted by Gasteiger charge is 2.28. The number of furan rings is 1. The maximum Gasteiger partial charge on any atom is 0.289 e. The number of nitrogens with zero attached hydrogens (tertiary/aromatic N) is 3. The van der Waals surface area contributed by atoms with Gasteiger partial charge in [0.15, 0.2) is 5.76 Å². The Balaban J connectivity index is 1.70. The molecule has 2 aromatic rings. The van der Waals surface area contributed by atoms with Crippen molar-refractivity contribution in [1.29, 1.82) is 0 Å². The van der Waals surface area contributed by atoms with Crippen LogP contribution in [0.4, 0.5) is 0 Å². The maximum atomic E-state index is 11.9. The summed E-state index contributed by atoms with van der Waals surface area (Å²) in [6, 6.07) is 4.03. The molecule has 1 aliphatic heterocycles. The number of hydrogen-bond acceptors (Lipinski definition) is 5. The molecule has 1 aliphatic rings. The second-order valence-corrected chi connectivity index (χ2v) is 6.39. The van der Waals surface area contributed by atoms with Crippen LogP contribution in [0.1, 0.15) is 40.2 Å². The second kappa shape index (κ2) is 5.99. The summed E-state index contributed by atoms with van der Waals surface area (Å²) < 4.78 is 5.68. The summed E-state index contributed by atoms with van der Waals surface area (Å²) in [5.41, 5.74) is 0. The van der Waals surface area contributed by atoms with Crippen molar-refractivity contribution in [1.82, 2.24) is 14.8 Å². The third-order valence-corrected chi connectivity index (χ3v) is 4.61. The van der Waals surface area contributed by atoms with Crippen molar-refractivity contribution in [2.75, 3.05) is 20.6 Å². The van der Waals surface area contributed by atoms with E-state index >= 15 is 0 Å². The van der Waals surface area contributed by atoms with Crippen molar-refractivity contribution in [3.63, 3.8) is 0 Å². The van der Waals surface area contributed by atoms with E-state index in [4.69, 9.17) is 4.42 Å². The van der Waals surface area contributed by atoms with E-state index in [-0.39, 0.29) is 5.91 Å². The standard InChI is InChI=1S/C15H19N3O2S/c1-17(2)15(19)13-6-5-11(20-13)10-18-8-3-4-12(18)14-16-7-9-21-14/h5-7,9,12H,3-4,8,10H2,1-2H3. The molecule has 112 valence electrons. The molecule has 0 saturated carbocycles. The van der Waals surface area contributed by atoms with Gasteiger partial charge in [-0.15, -0.1) is 11.3 Å². The Labute approximate surface area is 128 Å². The van der Waals surface area contributed by atoms with Crippen molar-refractivity contribution in [2.24, 2.45) is 0 Å². The molecule has 0 aromatic carbocycles. The van der Waals surface area contributed by atoms with Crippen molar-refractivity contribution in [3.05, 3.63) is 40.2 Å². The third kappa shape index (κ3) is 3.01. The van der Waals surface area contributed by atoms with Gasteiger partial charge in [0, 0.05) is 25.7 Å². The van der Waals surface area contributed by atoms with E-state index in [1.165, 1.54) is 16.3 Å². The van der Waals surface area contributed by atoms with Crippen LogP contribution in [0.2, 0.25) is 0 Å². The van der Waals surface area contributed by atoms with Gasteiger partial charge in [0.2, 0.25) is 0 Å². The number of carbonyl (C=O) groups is 1.